The first kappa shape index (κ1) is 17.1. The Bertz CT molecular complexity index is 740. The summed E-state index contributed by atoms with van der Waals surface area (Å²) in [6.45, 7) is 3.12. The van der Waals surface area contributed by atoms with Gasteiger partial charge in [-0.1, -0.05) is 12.1 Å². The van der Waals surface area contributed by atoms with Gasteiger partial charge in [-0.2, -0.15) is 0 Å². The number of nitrogens with zero attached hydrogens (tertiary/aromatic N) is 3. The van der Waals surface area contributed by atoms with Gasteiger partial charge in [0.2, 0.25) is 0 Å². The molecule has 26 heavy (non-hydrogen) atoms. The number of fused-ring (bicyclic) bond motifs is 1. The summed E-state index contributed by atoms with van der Waals surface area (Å²) < 4.78 is 11.9. The Morgan fingerprint density at radius 1 is 1.23 bits per heavy atom. The van der Waals surface area contributed by atoms with Gasteiger partial charge < -0.3 is 14.4 Å². The normalized spacial score (nSPS) is 25.1. The largest absolute Gasteiger partial charge is 0.377 e. The molecule has 2 atom stereocenters. The predicted octanol–water partition coefficient (Wildman–Crippen LogP) is 2.31. The lowest BCUT2D eigenvalue weighted by molar-refractivity contribution is -0.0607. The number of carbonyl (C=O) groups is 1. The SMILES string of the molecule is O=C(c1ccccn1)N1CC[C@H]2OCC[C@@]2(COCc2ccccn2)C1. The molecule has 2 aliphatic rings. The zero-order chi connectivity index (χ0) is 17.8. The second-order valence-corrected chi connectivity index (χ2v) is 7.02. The van der Waals surface area contributed by atoms with Gasteiger partial charge in [0, 0.05) is 37.5 Å². The second-order valence-electron chi connectivity index (χ2n) is 7.02. The van der Waals surface area contributed by atoms with Crippen molar-refractivity contribution in [1.29, 1.82) is 0 Å². The van der Waals surface area contributed by atoms with Crippen LogP contribution >= 0.6 is 0 Å². The fraction of sp³-hybridized carbons (Fsp3) is 0.450. The summed E-state index contributed by atoms with van der Waals surface area (Å²) >= 11 is 0. The molecule has 6 nitrogen and oxygen atoms in total. The van der Waals surface area contributed by atoms with Gasteiger partial charge in [0.1, 0.15) is 5.69 Å². The standard InChI is InChI=1S/C20H23N3O3/c24-19(17-6-2-4-10-22-17)23-11-7-18-20(14-23,8-12-26-18)15-25-13-16-5-1-3-9-21-16/h1-6,9-10,18H,7-8,11-15H2/t18-,20+/m1/s1. The molecule has 0 N–H and O–H groups in total. The molecular formula is C20H23N3O3. The number of hydrogen-bond acceptors (Lipinski definition) is 5. The Balaban J connectivity index is 1.43. The van der Waals surface area contributed by atoms with Crippen LogP contribution in [0.25, 0.3) is 0 Å². The fourth-order valence-electron chi connectivity index (χ4n) is 3.92. The first-order chi connectivity index (χ1) is 12.8. The van der Waals surface area contributed by atoms with Gasteiger partial charge in [0.05, 0.1) is 25.0 Å². The van der Waals surface area contributed by atoms with Crippen LogP contribution in [0.15, 0.2) is 48.8 Å². The third-order valence-corrected chi connectivity index (χ3v) is 5.31. The van der Waals surface area contributed by atoms with E-state index in [-0.39, 0.29) is 17.4 Å². The first-order valence-corrected chi connectivity index (χ1v) is 9.06. The van der Waals surface area contributed by atoms with Gasteiger partial charge in [-0.25, -0.2) is 0 Å². The molecule has 4 rings (SSSR count). The molecule has 0 aromatic carbocycles. The topological polar surface area (TPSA) is 64.6 Å². The molecule has 1 amide bonds. The minimum Gasteiger partial charge on any atom is -0.377 e. The van der Waals surface area contributed by atoms with E-state index in [1.807, 2.05) is 35.2 Å². The summed E-state index contributed by atoms with van der Waals surface area (Å²) in [6, 6.07) is 11.2. The van der Waals surface area contributed by atoms with Crippen molar-refractivity contribution in [2.24, 2.45) is 5.41 Å². The van der Waals surface area contributed by atoms with E-state index >= 15 is 0 Å². The van der Waals surface area contributed by atoms with E-state index in [4.69, 9.17) is 9.47 Å². The molecule has 0 aliphatic carbocycles. The van der Waals surface area contributed by atoms with Crippen LogP contribution in [0.5, 0.6) is 0 Å². The van der Waals surface area contributed by atoms with Crippen LogP contribution in [-0.4, -0.2) is 53.2 Å². The molecule has 4 heterocycles. The Labute approximate surface area is 153 Å². The number of carbonyl (C=O) groups excluding carboxylic acids is 1. The van der Waals surface area contributed by atoms with E-state index in [0.717, 1.165) is 25.1 Å². The third-order valence-electron chi connectivity index (χ3n) is 5.31. The minimum atomic E-state index is -0.141. The zero-order valence-corrected chi connectivity index (χ0v) is 14.7. The summed E-state index contributed by atoms with van der Waals surface area (Å²) in [5.74, 6) is -0.0138. The summed E-state index contributed by atoms with van der Waals surface area (Å²) in [7, 11) is 0. The van der Waals surface area contributed by atoms with Crippen LogP contribution in [0.2, 0.25) is 0 Å². The molecular weight excluding hydrogens is 330 g/mol. The summed E-state index contributed by atoms with van der Waals surface area (Å²) in [5, 5.41) is 0. The molecule has 2 aromatic heterocycles. The monoisotopic (exact) mass is 353 g/mol. The summed E-state index contributed by atoms with van der Waals surface area (Å²) in [6.07, 6.45) is 5.33. The van der Waals surface area contributed by atoms with Gasteiger partial charge in [-0.05, 0) is 37.1 Å². The highest BCUT2D eigenvalue weighted by molar-refractivity contribution is 5.92. The number of amides is 1. The van der Waals surface area contributed by atoms with Gasteiger partial charge in [0.25, 0.3) is 5.91 Å². The molecule has 2 aromatic rings. The van der Waals surface area contributed by atoms with Crippen LogP contribution in [0.1, 0.15) is 29.0 Å². The van der Waals surface area contributed by atoms with Crippen molar-refractivity contribution in [2.75, 3.05) is 26.3 Å². The van der Waals surface area contributed by atoms with Gasteiger partial charge >= 0.3 is 0 Å². The van der Waals surface area contributed by atoms with E-state index in [0.29, 0.717) is 32.0 Å². The molecule has 0 spiro atoms. The van der Waals surface area contributed by atoms with E-state index in [1.54, 1.807) is 18.5 Å². The van der Waals surface area contributed by atoms with E-state index in [9.17, 15) is 4.79 Å². The minimum absolute atomic E-state index is 0.0138. The maximum absolute atomic E-state index is 12.8. The smallest absolute Gasteiger partial charge is 0.272 e. The van der Waals surface area contributed by atoms with Crippen LogP contribution in [0, 0.1) is 5.41 Å². The molecule has 2 fully saturated rings. The van der Waals surface area contributed by atoms with Gasteiger partial charge in [-0.15, -0.1) is 0 Å². The van der Waals surface area contributed by atoms with Gasteiger partial charge in [0.15, 0.2) is 0 Å². The van der Waals surface area contributed by atoms with Crippen molar-refractivity contribution in [2.45, 2.75) is 25.6 Å². The van der Waals surface area contributed by atoms with Crippen LogP contribution < -0.4 is 0 Å². The van der Waals surface area contributed by atoms with Crippen LogP contribution in [-0.2, 0) is 16.1 Å². The highest BCUT2D eigenvalue weighted by Crippen LogP contribution is 2.41. The molecule has 0 bridgehead atoms. The molecule has 2 aliphatic heterocycles. The molecule has 2 saturated heterocycles. The third kappa shape index (κ3) is 3.48. The first-order valence-electron chi connectivity index (χ1n) is 9.06. The lowest BCUT2D eigenvalue weighted by Crippen LogP contribution is -2.53. The zero-order valence-electron chi connectivity index (χ0n) is 14.7. The number of rotatable bonds is 5. The highest BCUT2D eigenvalue weighted by atomic mass is 16.5. The number of aromatic nitrogens is 2. The predicted molar refractivity (Wildman–Crippen MR) is 95.4 cm³/mol. The van der Waals surface area contributed by atoms with Crippen LogP contribution in [0.3, 0.4) is 0 Å². The fourth-order valence-corrected chi connectivity index (χ4v) is 3.92. The summed E-state index contributed by atoms with van der Waals surface area (Å²) in [4.78, 5) is 23.2. The highest BCUT2D eigenvalue weighted by Gasteiger charge is 2.49. The van der Waals surface area contributed by atoms with Crippen molar-refractivity contribution in [1.82, 2.24) is 14.9 Å². The van der Waals surface area contributed by atoms with Crippen molar-refractivity contribution in [3.8, 4) is 0 Å². The average Bonchev–Trinajstić information content (AvgIpc) is 3.12. The number of likely N-dealkylation sites (tertiary alicyclic amines) is 1. The Morgan fingerprint density at radius 2 is 2.08 bits per heavy atom. The van der Waals surface area contributed by atoms with E-state index in [1.165, 1.54) is 0 Å². The van der Waals surface area contributed by atoms with E-state index < -0.39 is 0 Å². The van der Waals surface area contributed by atoms with Gasteiger partial charge in [-0.3, -0.25) is 14.8 Å². The molecule has 6 heteroatoms. The Morgan fingerprint density at radius 3 is 2.85 bits per heavy atom. The number of ether oxygens (including phenoxy) is 2. The van der Waals surface area contributed by atoms with Crippen molar-refractivity contribution in [3.05, 3.63) is 60.2 Å². The molecule has 0 saturated carbocycles. The Hall–Kier alpha value is -2.31. The average molecular weight is 353 g/mol. The second kappa shape index (κ2) is 7.51. The maximum atomic E-state index is 12.8. The van der Waals surface area contributed by atoms with Crippen LogP contribution in [0.4, 0.5) is 0 Å². The number of hydrogen-bond donors (Lipinski definition) is 0. The van der Waals surface area contributed by atoms with E-state index in [2.05, 4.69) is 9.97 Å². The maximum Gasteiger partial charge on any atom is 0.272 e. The quantitative estimate of drug-likeness (QED) is 0.825. The molecule has 136 valence electrons. The summed E-state index contributed by atoms with van der Waals surface area (Å²) in [5.41, 5.74) is 1.27. The Kier molecular flexibility index (Phi) is 4.95. The number of piperidine rings is 1. The van der Waals surface area contributed by atoms with Crippen molar-refractivity contribution in [3.63, 3.8) is 0 Å². The van der Waals surface area contributed by atoms with Crippen molar-refractivity contribution < 1.29 is 14.3 Å². The molecule has 0 radical (unpaired) electrons. The molecule has 0 unspecified atom stereocenters. The lowest BCUT2D eigenvalue weighted by Gasteiger charge is -2.43. The number of pyridine rings is 2. The lowest BCUT2D eigenvalue weighted by atomic mass is 9.77. The van der Waals surface area contributed by atoms with Crippen molar-refractivity contribution >= 4 is 5.91 Å².